The number of allylic oxidation sites excluding steroid dienone is 1. The van der Waals surface area contributed by atoms with E-state index in [1.807, 2.05) is 6.08 Å². The Bertz CT molecular complexity index is 936. The van der Waals surface area contributed by atoms with Gasteiger partial charge in [-0.3, -0.25) is 4.79 Å². The molecule has 0 aromatic carbocycles. The molecule has 2 atom stereocenters. The maximum atomic E-state index is 12.5. The average molecular weight is 945 g/mol. The smallest absolute Gasteiger partial charge is 0.220 e. The number of aliphatic hydroxyl groups is 2. The highest BCUT2D eigenvalue weighted by Crippen LogP contribution is 2.19. The molecule has 3 N–H and O–H groups in total. The van der Waals surface area contributed by atoms with E-state index in [-0.39, 0.29) is 12.5 Å². The first-order chi connectivity index (χ1) is 33.2. The van der Waals surface area contributed by atoms with Crippen LogP contribution in [0.2, 0.25) is 0 Å². The minimum atomic E-state index is -0.836. The standard InChI is InChI=1S/C63H125NO3/c1-3-5-7-9-11-13-15-17-19-21-23-25-27-29-31-32-33-34-36-38-40-42-44-46-48-50-52-54-56-58-62(66)61(60-65)64-63(67)59-57-55-53-51-49-47-45-43-41-39-37-35-30-28-26-24-22-20-18-16-14-12-10-8-6-4-2/h56,58,61-62,65-66H,3-55,57,59-60H2,1-2H3,(H,64,67)/b58-56+. The molecule has 0 spiro atoms. The number of hydrogen-bond donors (Lipinski definition) is 3. The van der Waals surface area contributed by atoms with Crippen LogP contribution in [-0.4, -0.2) is 34.9 Å². The number of carbonyl (C=O) groups excluding carboxylic acids is 1. The van der Waals surface area contributed by atoms with E-state index in [4.69, 9.17) is 0 Å². The summed E-state index contributed by atoms with van der Waals surface area (Å²) in [5.41, 5.74) is 0. The molecule has 0 fully saturated rings. The number of rotatable bonds is 59. The van der Waals surface area contributed by atoms with Crippen molar-refractivity contribution in [1.82, 2.24) is 5.32 Å². The van der Waals surface area contributed by atoms with E-state index in [0.717, 1.165) is 25.7 Å². The third-order valence-electron chi connectivity index (χ3n) is 15.0. The summed E-state index contributed by atoms with van der Waals surface area (Å²) < 4.78 is 0. The topological polar surface area (TPSA) is 69.6 Å². The first kappa shape index (κ1) is 66.1. The Morgan fingerprint density at radius 3 is 0.776 bits per heavy atom. The summed E-state index contributed by atoms with van der Waals surface area (Å²) in [6, 6.07) is -0.619. The maximum absolute atomic E-state index is 12.5. The molecule has 0 saturated carbocycles. The van der Waals surface area contributed by atoms with Gasteiger partial charge in [0.2, 0.25) is 5.91 Å². The molecule has 0 radical (unpaired) electrons. The molecular formula is C63H125NO3. The first-order valence-electron chi connectivity index (χ1n) is 31.4. The van der Waals surface area contributed by atoms with E-state index in [9.17, 15) is 15.0 Å². The summed E-state index contributed by atoms with van der Waals surface area (Å²) in [5.74, 6) is -0.0542. The Balaban J connectivity index is 3.42. The van der Waals surface area contributed by atoms with Crippen LogP contribution in [0.25, 0.3) is 0 Å². The molecule has 0 aliphatic carbocycles. The summed E-state index contributed by atoms with van der Waals surface area (Å²) in [7, 11) is 0. The second-order valence-electron chi connectivity index (χ2n) is 21.8. The normalized spacial score (nSPS) is 12.7. The van der Waals surface area contributed by atoms with Gasteiger partial charge in [-0.25, -0.2) is 0 Å². The van der Waals surface area contributed by atoms with Crippen molar-refractivity contribution >= 4 is 5.91 Å². The predicted octanol–water partition coefficient (Wildman–Crippen LogP) is 20.9. The molecule has 1 amide bonds. The second-order valence-corrected chi connectivity index (χ2v) is 21.8. The van der Waals surface area contributed by atoms with E-state index in [0.29, 0.717) is 6.42 Å². The number of hydrogen-bond acceptors (Lipinski definition) is 3. The fourth-order valence-corrected chi connectivity index (χ4v) is 10.2. The lowest BCUT2D eigenvalue weighted by Gasteiger charge is -2.20. The molecular weight excluding hydrogens is 819 g/mol. The van der Waals surface area contributed by atoms with Crippen molar-refractivity contribution in [2.24, 2.45) is 0 Å². The lowest BCUT2D eigenvalue weighted by atomic mass is 10.0. The molecule has 4 heteroatoms. The summed E-state index contributed by atoms with van der Waals surface area (Å²) in [6.45, 7) is 4.36. The Kier molecular flexibility index (Phi) is 58.7. The second kappa shape index (κ2) is 59.4. The Labute approximate surface area is 422 Å². The summed E-state index contributed by atoms with van der Waals surface area (Å²) in [4.78, 5) is 12.5. The predicted molar refractivity (Wildman–Crippen MR) is 299 cm³/mol. The highest BCUT2D eigenvalue weighted by molar-refractivity contribution is 5.76. The molecule has 0 aromatic heterocycles. The van der Waals surface area contributed by atoms with Gasteiger partial charge >= 0.3 is 0 Å². The number of aliphatic hydroxyl groups excluding tert-OH is 2. The van der Waals surface area contributed by atoms with Gasteiger partial charge in [0.15, 0.2) is 0 Å². The first-order valence-corrected chi connectivity index (χ1v) is 31.4. The summed E-state index contributed by atoms with van der Waals surface area (Å²) in [5, 5.41) is 23.3. The Hall–Kier alpha value is -0.870. The van der Waals surface area contributed by atoms with Gasteiger partial charge in [0, 0.05) is 6.42 Å². The van der Waals surface area contributed by atoms with Crippen LogP contribution < -0.4 is 5.32 Å². The van der Waals surface area contributed by atoms with Crippen molar-refractivity contribution in [1.29, 1.82) is 0 Å². The maximum Gasteiger partial charge on any atom is 0.220 e. The van der Waals surface area contributed by atoms with Gasteiger partial charge in [-0.2, -0.15) is 0 Å². The van der Waals surface area contributed by atoms with E-state index >= 15 is 0 Å². The Morgan fingerprint density at radius 2 is 0.552 bits per heavy atom. The van der Waals surface area contributed by atoms with E-state index in [2.05, 4.69) is 19.2 Å². The van der Waals surface area contributed by atoms with Crippen molar-refractivity contribution in [3.05, 3.63) is 12.2 Å². The minimum absolute atomic E-state index is 0.0542. The molecule has 4 nitrogen and oxygen atoms in total. The summed E-state index contributed by atoms with van der Waals surface area (Å²) >= 11 is 0. The van der Waals surface area contributed by atoms with Gasteiger partial charge in [0.1, 0.15) is 0 Å². The molecule has 0 saturated heterocycles. The lowest BCUT2D eigenvalue weighted by molar-refractivity contribution is -0.123. The third kappa shape index (κ3) is 55.9. The van der Waals surface area contributed by atoms with Crippen molar-refractivity contribution in [3.8, 4) is 0 Å². The van der Waals surface area contributed by atoms with Gasteiger partial charge in [-0.15, -0.1) is 0 Å². The van der Waals surface area contributed by atoms with Crippen LogP contribution in [0.5, 0.6) is 0 Å². The molecule has 0 aromatic rings. The van der Waals surface area contributed by atoms with Crippen LogP contribution in [-0.2, 0) is 4.79 Å². The average Bonchev–Trinajstić information content (AvgIpc) is 3.33. The van der Waals surface area contributed by atoms with Gasteiger partial charge in [-0.05, 0) is 19.3 Å². The fourth-order valence-electron chi connectivity index (χ4n) is 10.2. The van der Waals surface area contributed by atoms with Crippen LogP contribution in [0.1, 0.15) is 367 Å². The van der Waals surface area contributed by atoms with Crippen LogP contribution in [0, 0.1) is 0 Å². The zero-order chi connectivity index (χ0) is 48.5. The molecule has 67 heavy (non-hydrogen) atoms. The van der Waals surface area contributed by atoms with E-state index in [1.165, 1.54) is 321 Å². The van der Waals surface area contributed by atoms with Crippen molar-refractivity contribution in [2.45, 2.75) is 379 Å². The van der Waals surface area contributed by atoms with Crippen LogP contribution >= 0.6 is 0 Å². The number of nitrogens with one attached hydrogen (secondary N) is 1. The van der Waals surface area contributed by atoms with Crippen LogP contribution in [0.4, 0.5) is 0 Å². The fraction of sp³-hybridized carbons (Fsp3) is 0.952. The van der Waals surface area contributed by atoms with Crippen LogP contribution in [0.15, 0.2) is 12.2 Å². The van der Waals surface area contributed by atoms with E-state index in [1.54, 1.807) is 6.08 Å². The molecule has 0 bridgehead atoms. The zero-order valence-corrected chi connectivity index (χ0v) is 46.2. The number of amides is 1. The minimum Gasteiger partial charge on any atom is -0.394 e. The third-order valence-corrected chi connectivity index (χ3v) is 15.0. The SMILES string of the molecule is CCCCCCCCCCCCCCCCCCCCCCCCCCCCC/C=C/C(O)C(CO)NC(=O)CCCCCCCCCCCCCCCCCCCCCCCCCCCC. The van der Waals surface area contributed by atoms with Crippen molar-refractivity contribution in [3.63, 3.8) is 0 Å². The lowest BCUT2D eigenvalue weighted by Crippen LogP contribution is -2.45. The Morgan fingerprint density at radius 1 is 0.343 bits per heavy atom. The highest BCUT2D eigenvalue weighted by Gasteiger charge is 2.18. The van der Waals surface area contributed by atoms with E-state index < -0.39 is 12.1 Å². The van der Waals surface area contributed by atoms with Gasteiger partial charge in [-0.1, -0.05) is 353 Å². The summed E-state index contributed by atoms with van der Waals surface area (Å²) in [6.07, 6.45) is 78.4. The number of carbonyl (C=O) groups is 1. The molecule has 0 rings (SSSR count). The highest BCUT2D eigenvalue weighted by atomic mass is 16.3. The molecule has 0 heterocycles. The largest absolute Gasteiger partial charge is 0.394 e. The molecule has 0 aliphatic rings. The molecule has 0 aliphatic heterocycles. The van der Waals surface area contributed by atoms with Gasteiger partial charge in [0.05, 0.1) is 18.8 Å². The number of unbranched alkanes of at least 4 members (excludes halogenated alkanes) is 52. The van der Waals surface area contributed by atoms with Gasteiger partial charge < -0.3 is 15.5 Å². The van der Waals surface area contributed by atoms with Gasteiger partial charge in [0.25, 0.3) is 0 Å². The monoisotopic (exact) mass is 944 g/mol. The molecule has 400 valence electrons. The van der Waals surface area contributed by atoms with Crippen LogP contribution in [0.3, 0.4) is 0 Å². The van der Waals surface area contributed by atoms with Crippen molar-refractivity contribution < 1.29 is 15.0 Å². The van der Waals surface area contributed by atoms with Crippen molar-refractivity contribution in [2.75, 3.05) is 6.61 Å². The quantitative estimate of drug-likeness (QED) is 0.0420. The molecule has 2 unspecified atom stereocenters. The zero-order valence-electron chi connectivity index (χ0n) is 46.2.